The molecule has 2 heterocycles. The molecule has 1 aliphatic rings. The van der Waals surface area contributed by atoms with Crippen molar-refractivity contribution < 1.29 is 22.7 Å². The predicted molar refractivity (Wildman–Crippen MR) is 140 cm³/mol. The predicted octanol–water partition coefficient (Wildman–Crippen LogP) is 4.16. The molecule has 8 nitrogen and oxygen atoms in total. The Hall–Kier alpha value is -3.96. The number of nitrogens with one attached hydrogen (secondary N) is 3. The molecule has 0 spiro atoms. The third kappa shape index (κ3) is 6.87. The Kier molecular flexibility index (Phi) is 8.28. The lowest BCUT2D eigenvalue weighted by Crippen LogP contribution is -2.43. The zero-order chi connectivity index (χ0) is 27.3. The second kappa shape index (κ2) is 11.6. The molecule has 0 radical (unpaired) electrons. The van der Waals surface area contributed by atoms with Gasteiger partial charge in [0.15, 0.2) is 6.61 Å². The number of hydrogen-bond acceptors (Lipinski definition) is 7. The van der Waals surface area contributed by atoms with Gasteiger partial charge in [0.25, 0.3) is 5.91 Å². The third-order valence-electron chi connectivity index (χ3n) is 6.18. The number of halogens is 3. The maximum atomic E-state index is 13.7. The highest BCUT2D eigenvalue weighted by molar-refractivity contribution is 6.01. The third-order valence-corrected chi connectivity index (χ3v) is 6.18. The summed E-state index contributed by atoms with van der Waals surface area (Å²) in [6, 6.07) is 12.5. The van der Waals surface area contributed by atoms with E-state index >= 15 is 0 Å². The number of pyridine rings is 1. The lowest BCUT2D eigenvalue weighted by molar-refractivity contribution is -0.138. The maximum absolute atomic E-state index is 13.7. The molecule has 5 N–H and O–H groups in total. The summed E-state index contributed by atoms with van der Waals surface area (Å²) in [4.78, 5) is 18.5. The topological polar surface area (TPSA) is 116 Å². The van der Waals surface area contributed by atoms with Gasteiger partial charge >= 0.3 is 6.18 Å². The Labute approximate surface area is 218 Å². The van der Waals surface area contributed by atoms with Gasteiger partial charge in [0.05, 0.1) is 5.56 Å². The van der Waals surface area contributed by atoms with Crippen molar-refractivity contribution in [1.29, 1.82) is 5.41 Å². The largest absolute Gasteiger partial charge is 0.484 e. The zero-order valence-electron chi connectivity index (χ0n) is 20.9. The Morgan fingerprint density at radius 1 is 1.13 bits per heavy atom. The quantitative estimate of drug-likeness (QED) is 0.328. The van der Waals surface area contributed by atoms with Crippen LogP contribution in [0.2, 0.25) is 0 Å². The second-order valence-electron chi connectivity index (χ2n) is 9.04. The highest BCUT2D eigenvalue weighted by Crippen LogP contribution is 2.34. The van der Waals surface area contributed by atoms with E-state index in [2.05, 4.69) is 15.6 Å². The molecule has 1 aromatic heterocycles. The van der Waals surface area contributed by atoms with Crippen LogP contribution < -0.4 is 21.1 Å². The van der Waals surface area contributed by atoms with Crippen LogP contribution in [-0.2, 0) is 17.5 Å². The van der Waals surface area contributed by atoms with E-state index in [4.69, 9.17) is 15.9 Å². The van der Waals surface area contributed by atoms with E-state index in [-0.39, 0.29) is 30.2 Å². The molecule has 3 aromatic rings. The lowest BCUT2D eigenvalue weighted by atomic mass is 10.0. The molecular formula is C27H29F3N6O2. The monoisotopic (exact) mass is 526 g/mol. The van der Waals surface area contributed by atoms with Crippen LogP contribution in [0.15, 0.2) is 54.7 Å². The number of nitrogens with two attached hydrogens (primary N) is 1. The first kappa shape index (κ1) is 27.1. The van der Waals surface area contributed by atoms with Gasteiger partial charge in [-0.25, -0.2) is 4.98 Å². The van der Waals surface area contributed by atoms with Gasteiger partial charge in [-0.05, 0) is 48.4 Å². The molecule has 0 atom stereocenters. The lowest BCUT2D eigenvalue weighted by Gasteiger charge is -2.28. The fraction of sp³-hybridized carbons (Fsp3) is 0.296. The number of nitrogen functional groups attached to an aromatic ring is 1. The highest BCUT2D eigenvalue weighted by atomic mass is 19.4. The molecule has 0 unspecified atom stereocenters. The number of nitrogens with zero attached hydrogens (tertiary/aromatic N) is 2. The molecule has 1 aliphatic heterocycles. The number of carbonyl (C=O) groups is 1. The van der Waals surface area contributed by atoms with Gasteiger partial charge in [0, 0.05) is 61.4 Å². The fourth-order valence-electron chi connectivity index (χ4n) is 4.19. The van der Waals surface area contributed by atoms with Crippen molar-refractivity contribution in [2.45, 2.75) is 19.6 Å². The summed E-state index contributed by atoms with van der Waals surface area (Å²) in [7, 11) is 0. The summed E-state index contributed by atoms with van der Waals surface area (Å²) in [6.07, 6.45) is -2.93. The Morgan fingerprint density at radius 2 is 1.84 bits per heavy atom. The van der Waals surface area contributed by atoms with Crippen LogP contribution in [0.3, 0.4) is 0 Å². The van der Waals surface area contributed by atoms with E-state index in [1.807, 2.05) is 4.90 Å². The summed E-state index contributed by atoms with van der Waals surface area (Å²) in [5.74, 6) is 0.118. The van der Waals surface area contributed by atoms with Gasteiger partial charge in [-0.15, -0.1) is 0 Å². The number of alkyl halides is 3. The van der Waals surface area contributed by atoms with Crippen molar-refractivity contribution >= 4 is 23.1 Å². The standard InChI is InChI=1S/C27H29F3N6O2/c1-17(31)23-12-20(14-34-26(23)32)18-3-6-22(7-4-18)38-16-25(37)35-21-5-2-19(24(13-21)27(28,29)30)15-36-10-8-33-9-11-36/h2-7,12-14,31,33H,8-11,15-16H2,1H3,(H2,32,34)(H,35,37). The number of ether oxygens (including phenoxy) is 1. The van der Waals surface area contributed by atoms with E-state index in [1.54, 1.807) is 43.5 Å². The van der Waals surface area contributed by atoms with Crippen LogP contribution in [0.1, 0.15) is 23.6 Å². The number of aromatic nitrogens is 1. The van der Waals surface area contributed by atoms with Crippen LogP contribution in [0, 0.1) is 5.41 Å². The Balaban J connectivity index is 1.37. The number of anilines is 2. The first-order valence-corrected chi connectivity index (χ1v) is 12.1. The molecule has 0 saturated carbocycles. The van der Waals surface area contributed by atoms with E-state index in [0.29, 0.717) is 30.1 Å². The molecule has 1 fully saturated rings. The highest BCUT2D eigenvalue weighted by Gasteiger charge is 2.34. The molecule has 200 valence electrons. The Bertz CT molecular complexity index is 1310. The average molecular weight is 527 g/mol. The summed E-state index contributed by atoms with van der Waals surface area (Å²) < 4.78 is 46.7. The zero-order valence-corrected chi connectivity index (χ0v) is 20.9. The number of hydrogen-bond donors (Lipinski definition) is 4. The van der Waals surface area contributed by atoms with E-state index in [9.17, 15) is 18.0 Å². The van der Waals surface area contributed by atoms with Gasteiger partial charge in [-0.2, -0.15) is 13.2 Å². The SMILES string of the molecule is CC(=N)c1cc(-c2ccc(OCC(=O)Nc3ccc(CN4CCNCC4)c(C(F)(F)F)c3)cc2)cnc1N. The number of benzene rings is 2. The van der Waals surface area contributed by atoms with Gasteiger partial charge in [0.2, 0.25) is 0 Å². The first-order chi connectivity index (χ1) is 18.1. The minimum atomic E-state index is -4.54. The van der Waals surface area contributed by atoms with Crippen molar-refractivity contribution in [1.82, 2.24) is 15.2 Å². The van der Waals surface area contributed by atoms with Crippen LogP contribution >= 0.6 is 0 Å². The average Bonchev–Trinajstić information content (AvgIpc) is 2.89. The van der Waals surface area contributed by atoms with Crippen molar-refractivity contribution in [3.8, 4) is 16.9 Å². The van der Waals surface area contributed by atoms with Crippen molar-refractivity contribution in [3.63, 3.8) is 0 Å². The molecule has 1 amide bonds. The van der Waals surface area contributed by atoms with Gasteiger partial charge in [0.1, 0.15) is 11.6 Å². The number of rotatable bonds is 8. The van der Waals surface area contributed by atoms with Crippen molar-refractivity contribution in [2.24, 2.45) is 0 Å². The minimum Gasteiger partial charge on any atom is -0.484 e. The van der Waals surface area contributed by atoms with Crippen LogP contribution in [-0.4, -0.2) is 54.3 Å². The van der Waals surface area contributed by atoms with E-state index < -0.39 is 17.6 Å². The maximum Gasteiger partial charge on any atom is 0.416 e. The molecule has 2 aromatic carbocycles. The summed E-state index contributed by atoms with van der Waals surface area (Å²) in [5.41, 5.74) is 7.73. The molecular weight excluding hydrogens is 497 g/mol. The van der Waals surface area contributed by atoms with Crippen LogP contribution in [0.25, 0.3) is 11.1 Å². The minimum absolute atomic E-state index is 0.0541. The first-order valence-electron chi connectivity index (χ1n) is 12.1. The second-order valence-corrected chi connectivity index (χ2v) is 9.04. The normalized spacial score (nSPS) is 14.2. The van der Waals surface area contributed by atoms with Crippen molar-refractivity contribution in [2.75, 3.05) is 43.8 Å². The smallest absolute Gasteiger partial charge is 0.416 e. The van der Waals surface area contributed by atoms with E-state index in [0.717, 1.165) is 30.3 Å². The number of carbonyl (C=O) groups excluding carboxylic acids is 1. The van der Waals surface area contributed by atoms with Crippen molar-refractivity contribution in [3.05, 3.63) is 71.4 Å². The van der Waals surface area contributed by atoms with Gasteiger partial charge in [-0.1, -0.05) is 18.2 Å². The molecule has 4 rings (SSSR count). The summed E-state index contributed by atoms with van der Waals surface area (Å²) >= 11 is 0. The van der Waals surface area contributed by atoms with Crippen LogP contribution in [0.4, 0.5) is 24.7 Å². The number of amides is 1. The molecule has 1 saturated heterocycles. The number of piperazine rings is 1. The molecule has 0 bridgehead atoms. The van der Waals surface area contributed by atoms with E-state index in [1.165, 1.54) is 12.1 Å². The van der Waals surface area contributed by atoms with Gasteiger partial charge in [-0.3, -0.25) is 9.69 Å². The van der Waals surface area contributed by atoms with Gasteiger partial charge < -0.3 is 26.5 Å². The summed E-state index contributed by atoms with van der Waals surface area (Å²) in [6.45, 7) is 4.28. The molecule has 38 heavy (non-hydrogen) atoms. The molecule has 0 aliphatic carbocycles. The Morgan fingerprint density at radius 3 is 2.50 bits per heavy atom. The summed E-state index contributed by atoms with van der Waals surface area (Å²) in [5, 5.41) is 13.5. The van der Waals surface area contributed by atoms with Crippen LogP contribution in [0.5, 0.6) is 5.75 Å². The fourth-order valence-corrected chi connectivity index (χ4v) is 4.19. The molecule has 11 heteroatoms.